The topological polar surface area (TPSA) is 127 Å². The molecule has 10 heteroatoms. The normalized spacial score (nSPS) is 30.5. The minimum absolute atomic E-state index is 0.125. The Morgan fingerprint density at radius 2 is 2.24 bits per heavy atom. The first-order valence-electron chi connectivity index (χ1n) is 8.05. The molecule has 2 aromatic rings. The van der Waals surface area contributed by atoms with Crippen LogP contribution < -0.4 is 10.8 Å². The number of hydrogen-bond donors (Lipinski definition) is 3. The van der Waals surface area contributed by atoms with Crippen LogP contribution in [-0.4, -0.2) is 55.8 Å². The minimum atomic E-state index is -0.756. The first-order valence-corrected chi connectivity index (χ1v) is 8.05. The Kier molecular flexibility index (Phi) is 3.63. The number of aromatic nitrogens is 4. The van der Waals surface area contributed by atoms with Crippen molar-refractivity contribution in [2.45, 2.75) is 57.6 Å². The molecule has 2 aromatic heterocycles. The molecule has 2 aliphatic rings. The summed E-state index contributed by atoms with van der Waals surface area (Å²) < 4.78 is 19.5. The largest absolute Gasteiger partial charge is 0.348 e. The summed E-state index contributed by atoms with van der Waals surface area (Å²) in [4.78, 5) is 22.8. The van der Waals surface area contributed by atoms with Crippen LogP contribution in [0.3, 0.4) is 0 Å². The highest BCUT2D eigenvalue weighted by Gasteiger charge is 2.55. The first kappa shape index (κ1) is 16.2. The van der Waals surface area contributed by atoms with Crippen LogP contribution in [-0.2, 0) is 25.5 Å². The van der Waals surface area contributed by atoms with E-state index in [1.165, 1.54) is 13.3 Å². The summed E-state index contributed by atoms with van der Waals surface area (Å²) in [5.41, 5.74) is 1.27. The Balaban J connectivity index is 1.63. The van der Waals surface area contributed by atoms with Crippen molar-refractivity contribution in [1.29, 1.82) is 5.41 Å². The van der Waals surface area contributed by atoms with Crippen LogP contribution in [0.1, 0.15) is 20.8 Å². The number of rotatable bonds is 3. The van der Waals surface area contributed by atoms with Gasteiger partial charge in [0.2, 0.25) is 5.91 Å². The van der Waals surface area contributed by atoms with E-state index in [1.807, 2.05) is 13.8 Å². The van der Waals surface area contributed by atoms with Crippen molar-refractivity contribution in [3.63, 3.8) is 0 Å². The highest BCUT2D eigenvalue weighted by Crippen LogP contribution is 2.37. The van der Waals surface area contributed by atoms with Gasteiger partial charge in [0.05, 0.1) is 25.2 Å². The summed E-state index contributed by atoms with van der Waals surface area (Å²) in [5.74, 6) is -0.921. The Morgan fingerprint density at radius 3 is 3.00 bits per heavy atom. The second-order valence-electron chi connectivity index (χ2n) is 6.72. The van der Waals surface area contributed by atoms with E-state index in [9.17, 15) is 4.79 Å². The number of imidazole rings is 1. The second kappa shape index (κ2) is 5.61. The third-order valence-electron chi connectivity index (χ3n) is 4.35. The number of aromatic amines is 1. The third-order valence-corrected chi connectivity index (χ3v) is 4.35. The van der Waals surface area contributed by atoms with Crippen LogP contribution in [0.15, 0.2) is 12.7 Å². The molecule has 2 saturated heterocycles. The number of H-pyrrole nitrogens is 1. The maximum atomic E-state index is 11.6. The molecule has 4 heterocycles. The lowest BCUT2D eigenvalue weighted by atomic mass is 10.1. The molecule has 0 aromatic carbocycles. The zero-order valence-electron chi connectivity index (χ0n) is 14.1. The molecule has 2 fully saturated rings. The molecule has 4 rings (SSSR count). The first-order chi connectivity index (χ1) is 11.8. The fourth-order valence-corrected chi connectivity index (χ4v) is 3.39. The smallest absolute Gasteiger partial charge is 0.217 e. The van der Waals surface area contributed by atoms with E-state index in [2.05, 4.69) is 20.3 Å². The van der Waals surface area contributed by atoms with E-state index < -0.39 is 12.1 Å². The van der Waals surface area contributed by atoms with Crippen LogP contribution >= 0.6 is 0 Å². The van der Waals surface area contributed by atoms with Gasteiger partial charge in [-0.05, 0) is 13.8 Å². The average molecular weight is 348 g/mol. The maximum Gasteiger partial charge on any atom is 0.217 e. The highest BCUT2D eigenvalue weighted by molar-refractivity contribution is 5.73. The Bertz CT molecular complexity index is 874. The van der Waals surface area contributed by atoms with Crippen molar-refractivity contribution >= 4 is 17.1 Å². The molecular weight excluding hydrogens is 328 g/mol. The quantitative estimate of drug-likeness (QED) is 0.694. The predicted octanol–water partition coefficient (Wildman–Crippen LogP) is -0.380. The van der Waals surface area contributed by atoms with E-state index in [1.54, 1.807) is 10.9 Å². The number of fused-ring (bicyclic) bond motifs is 2. The Hall–Kier alpha value is -2.30. The number of carbonyl (C=O) groups is 1. The van der Waals surface area contributed by atoms with Gasteiger partial charge in [0.25, 0.3) is 0 Å². The summed E-state index contributed by atoms with van der Waals surface area (Å²) in [5, 5.41) is 10.7. The number of amides is 1. The van der Waals surface area contributed by atoms with Gasteiger partial charge in [-0.2, -0.15) is 0 Å². The van der Waals surface area contributed by atoms with Gasteiger partial charge in [-0.3, -0.25) is 10.2 Å². The van der Waals surface area contributed by atoms with Gasteiger partial charge >= 0.3 is 0 Å². The fraction of sp³-hybridized carbons (Fsp3) is 0.600. The van der Waals surface area contributed by atoms with E-state index in [4.69, 9.17) is 19.6 Å². The Labute approximate surface area is 143 Å². The average Bonchev–Trinajstić information content (AvgIpc) is 3.17. The minimum Gasteiger partial charge on any atom is -0.348 e. The van der Waals surface area contributed by atoms with Crippen molar-refractivity contribution in [3.8, 4) is 0 Å². The molecule has 0 saturated carbocycles. The van der Waals surface area contributed by atoms with Gasteiger partial charge in [0, 0.05) is 6.92 Å². The standard InChI is InChI=1S/C15H20N6O4/c1-7(22)20-9-8(23-14-11(9)24-15(2,3)25-14)4-21-6-19-12(16)10-13(21)18-5-17-10/h5-6,8-9,11,14,16H,4H2,1-3H3,(H,17,18)(H,20,22)/t8-,9-,11-,14-/m1/s1. The van der Waals surface area contributed by atoms with E-state index in [-0.39, 0.29) is 29.6 Å². The molecule has 10 nitrogen and oxygen atoms in total. The molecule has 4 atom stereocenters. The van der Waals surface area contributed by atoms with Gasteiger partial charge in [-0.25, -0.2) is 9.97 Å². The van der Waals surface area contributed by atoms with Crippen LogP contribution in [0.5, 0.6) is 0 Å². The number of ether oxygens (including phenoxy) is 3. The van der Waals surface area contributed by atoms with Crippen molar-refractivity contribution in [2.24, 2.45) is 0 Å². The van der Waals surface area contributed by atoms with Crippen molar-refractivity contribution in [3.05, 3.63) is 18.1 Å². The predicted molar refractivity (Wildman–Crippen MR) is 84.0 cm³/mol. The lowest BCUT2D eigenvalue weighted by Crippen LogP contribution is -2.48. The van der Waals surface area contributed by atoms with Crippen molar-refractivity contribution < 1.29 is 19.0 Å². The molecule has 134 valence electrons. The zero-order chi connectivity index (χ0) is 17.8. The summed E-state index contributed by atoms with van der Waals surface area (Å²) in [6, 6.07) is -0.360. The van der Waals surface area contributed by atoms with Gasteiger partial charge in [-0.15, -0.1) is 0 Å². The van der Waals surface area contributed by atoms with Crippen LogP contribution in [0.25, 0.3) is 11.2 Å². The lowest BCUT2D eigenvalue weighted by molar-refractivity contribution is -0.208. The zero-order valence-corrected chi connectivity index (χ0v) is 14.1. The number of nitrogens with one attached hydrogen (secondary N) is 3. The number of nitrogens with zero attached hydrogens (tertiary/aromatic N) is 3. The van der Waals surface area contributed by atoms with Gasteiger partial charge < -0.3 is 29.1 Å². The van der Waals surface area contributed by atoms with Crippen molar-refractivity contribution in [2.75, 3.05) is 0 Å². The molecule has 25 heavy (non-hydrogen) atoms. The van der Waals surface area contributed by atoms with Gasteiger partial charge in [0.1, 0.15) is 17.7 Å². The molecule has 0 unspecified atom stereocenters. The number of carbonyl (C=O) groups excluding carboxylic acids is 1. The molecular formula is C15H20N6O4. The summed E-state index contributed by atoms with van der Waals surface area (Å²) in [6.07, 6.45) is 1.75. The summed E-state index contributed by atoms with van der Waals surface area (Å²) in [6.45, 7) is 5.47. The summed E-state index contributed by atoms with van der Waals surface area (Å²) in [7, 11) is 0. The number of hydrogen-bond acceptors (Lipinski definition) is 7. The highest BCUT2D eigenvalue weighted by atomic mass is 16.8. The molecule has 3 N–H and O–H groups in total. The van der Waals surface area contributed by atoms with E-state index >= 15 is 0 Å². The van der Waals surface area contributed by atoms with Crippen LogP contribution in [0.2, 0.25) is 0 Å². The molecule has 0 bridgehead atoms. The Morgan fingerprint density at radius 1 is 1.44 bits per heavy atom. The maximum absolute atomic E-state index is 11.6. The second-order valence-corrected chi connectivity index (χ2v) is 6.72. The van der Waals surface area contributed by atoms with E-state index in [0.717, 1.165) is 0 Å². The lowest BCUT2D eigenvalue weighted by Gasteiger charge is -2.26. The van der Waals surface area contributed by atoms with Gasteiger partial charge in [-0.1, -0.05) is 0 Å². The third kappa shape index (κ3) is 2.81. The van der Waals surface area contributed by atoms with E-state index in [0.29, 0.717) is 17.7 Å². The van der Waals surface area contributed by atoms with Crippen LogP contribution in [0, 0.1) is 5.41 Å². The SMILES string of the molecule is CC(=O)N[C@H]1[C@H]2OC(C)(C)O[C@H]2O[C@@H]1Cn1cnc(=N)c2[nH]cnc21. The van der Waals surface area contributed by atoms with Gasteiger partial charge in [0.15, 0.2) is 23.2 Å². The van der Waals surface area contributed by atoms with Crippen molar-refractivity contribution in [1.82, 2.24) is 24.8 Å². The van der Waals surface area contributed by atoms with Crippen LogP contribution in [0.4, 0.5) is 0 Å². The molecule has 2 aliphatic heterocycles. The molecule has 0 aliphatic carbocycles. The fourth-order valence-electron chi connectivity index (χ4n) is 3.39. The molecule has 0 spiro atoms. The monoisotopic (exact) mass is 348 g/mol. The summed E-state index contributed by atoms with van der Waals surface area (Å²) >= 11 is 0. The molecule has 0 radical (unpaired) electrons. The molecule has 1 amide bonds.